The first-order valence-electron chi connectivity index (χ1n) is 10.3. The Morgan fingerprint density at radius 1 is 1.00 bits per heavy atom. The molecule has 0 saturated heterocycles. The van der Waals surface area contributed by atoms with Gasteiger partial charge in [0.2, 0.25) is 11.8 Å². The van der Waals surface area contributed by atoms with Crippen LogP contribution < -0.4 is 14.5 Å². The van der Waals surface area contributed by atoms with Gasteiger partial charge < -0.3 is 5.32 Å². The van der Waals surface area contributed by atoms with E-state index in [2.05, 4.69) is 5.32 Å². The van der Waals surface area contributed by atoms with Gasteiger partial charge in [-0.05, 0) is 67.6 Å². The largest absolute Gasteiger partial charge is 0.323 e. The van der Waals surface area contributed by atoms with Crippen molar-refractivity contribution in [1.82, 2.24) is 0 Å². The van der Waals surface area contributed by atoms with Crippen LogP contribution in [0.1, 0.15) is 17.3 Å². The van der Waals surface area contributed by atoms with Gasteiger partial charge in [-0.2, -0.15) is 0 Å². The molecule has 1 heterocycles. The minimum absolute atomic E-state index is 0.0582. The molecule has 1 aliphatic rings. The van der Waals surface area contributed by atoms with Crippen LogP contribution >= 0.6 is 11.6 Å². The van der Waals surface area contributed by atoms with Crippen molar-refractivity contribution in [3.63, 3.8) is 0 Å². The monoisotopic (exact) mass is 497 g/mol. The zero-order valence-electron chi connectivity index (χ0n) is 18.1. The highest BCUT2D eigenvalue weighted by molar-refractivity contribution is 7.92. The van der Waals surface area contributed by atoms with E-state index < -0.39 is 22.5 Å². The molecule has 0 radical (unpaired) electrons. The fraction of sp³-hybridized carbons (Fsp3) is 0.125. The molecule has 0 saturated carbocycles. The number of carbonyl (C=O) groups excluding carboxylic acids is 3. The number of sulfonamides is 1. The fourth-order valence-corrected chi connectivity index (χ4v) is 5.12. The van der Waals surface area contributed by atoms with Crippen LogP contribution in [-0.2, 0) is 19.6 Å². The first kappa shape index (κ1) is 23.5. The number of anilines is 3. The number of nitrogens with zero attached hydrogens (tertiary/aromatic N) is 2. The third kappa shape index (κ3) is 4.66. The van der Waals surface area contributed by atoms with E-state index in [0.717, 1.165) is 4.31 Å². The first-order chi connectivity index (χ1) is 16.2. The number of carbonyl (C=O) groups is 3. The molecular formula is C24H20ClN3O5S. The van der Waals surface area contributed by atoms with Crippen LogP contribution in [0.25, 0.3) is 0 Å². The van der Waals surface area contributed by atoms with E-state index in [9.17, 15) is 22.8 Å². The molecular weight excluding hydrogens is 478 g/mol. The molecule has 2 amide bonds. The maximum absolute atomic E-state index is 13.6. The number of para-hydroxylation sites is 2. The molecule has 0 bridgehead atoms. The van der Waals surface area contributed by atoms with Crippen molar-refractivity contribution in [1.29, 1.82) is 0 Å². The van der Waals surface area contributed by atoms with E-state index in [1.54, 1.807) is 24.3 Å². The summed E-state index contributed by atoms with van der Waals surface area (Å²) in [4.78, 5) is 38.4. The second kappa shape index (κ2) is 9.28. The third-order valence-electron chi connectivity index (χ3n) is 5.31. The van der Waals surface area contributed by atoms with E-state index in [4.69, 9.17) is 11.6 Å². The van der Waals surface area contributed by atoms with Gasteiger partial charge in [0.1, 0.15) is 13.1 Å². The molecule has 4 rings (SSSR count). The molecule has 1 N–H and O–H groups in total. The Hall–Kier alpha value is -3.69. The van der Waals surface area contributed by atoms with Crippen LogP contribution in [0.3, 0.4) is 0 Å². The van der Waals surface area contributed by atoms with Crippen molar-refractivity contribution in [3.05, 3.63) is 83.4 Å². The Kier molecular flexibility index (Phi) is 6.41. The summed E-state index contributed by atoms with van der Waals surface area (Å²) in [6, 6.07) is 18.3. The number of ketones is 1. The minimum Gasteiger partial charge on any atom is -0.323 e. The molecule has 0 unspecified atom stereocenters. The van der Waals surface area contributed by atoms with Crippen LogP contribution in [-0.4, -0.2) is 39.1 Å². The summed E-state index contributed by atoms with van der Waals surface area (Å²) < 4.78 is 28.1. The summed E-state index contributed by atoms with van der Waals surface area (Å²) in [5, 5.41) is 3.06. The number of Topliss-reactive ketones (excluding diaryl/α,β-unsaturated/α-hetero) is 1. The van der Waals surface area contributed by atoms with Gasteiger partial charge in [0.05, 0.1) is 22.0 Å². The molecule has 0 aromatic heterocycles. The van der Waals surface area contributed by atoms with E-state index in [1.165, 1.54) is 60.4 Å². The molecule has 1 aliphatic heterocycles. The van der Waals surface area contributed by atoms with Gasteiger partial charge in [-0.3, -0.25) is 23.6 Å². The summed E-state index contributed by atoms with van der Waals surface area (Å²) in [5.74, 6) is -1.15. The summed E-state index contributed by atoms with van der Waals surface area (Å²) in [6.45, 7) is 0.597. The molecule has 3 aromatic carbocycles. The standard InChI is InChI=1S/C24H20ClN3O5S/c1-16(29)17-6-10-19(11-7-17)28(34(32,33)20-12-8-18(25)9-13-20)15-24(31)27-14-23(30)26-21-4-2-3-5-22(21)27/h2-13H,14-15H2,1H3,(H,26,30). The average molecular weight is 498 g/mol. The van der Waals surface area contributed by atoms with Gasteiger partial charge in [0.15, 0.2) is 5.78 Å². The van der Waals surface area contributed by atoms with Crippen molar-refractivity contribution in [2.45, 2.75) is 11.8 Å². The van der Waals surface area contributed by atoms with Crippen molar-refractivity contribution in [2.75, 3.05) is 27.6 Å². The van der Waals surface area contributed by atoms with Gasteiger partial charge >= 0.3 is 0 Å². The van der Waals surface area contributed by atoms with Crippen molar-refractivity contribution in [3.8, 4) is 0 Å². The van der Waals surface area contributed by atoms with E-state index in [-0.39, 0.29) is 28.8 Å². The fourth-order valence-electron chi connectivity index (χ4n) is 3.58. The number of hydrogen-bond donors (Lipinski definition) is 1. The van der Waals surface area contributed by atoms with Crippen LogP contribution in [0.5, 0.6) is 0 Å². The highest BCUT2D eigenvalue weighted by atomic mass is 35.5. The summed E-state index contributed by atoms with van der Waals surface area (Å²) in [5.41, 5.74) is 1.54. The normalized spacial score (nSPS) is 13.1. The van der Waals surface area contributed by atoms with Gasteiger partial charge in [-0.15, -0.1) is 0 Å². The Morgan fingerprint density at radius 2 is 1.65 bits per heavy atom. The molecule has 0 fully saturated rings. The topological polar surface area (TPSA) is 104 Å². The number of fused-ring (bicyclic) bond motifs is 1. The molecule has 34 heavy (non-hydrogen) atoms. The van der Waals surface area contributed by atoms with Crippen LogP contribution in [0.2, 0.25) is 5.02 Å². The number of halogens is 1. The lowest BCUT2D eigenvalue weighted by Crippen LogP contribution is -2.48. The first-order valence-corrected chi connectivity index (χ1v) is 12.1. The Labute approximate surface area is 201 Å². The Balaban J connectivity index is 1.74. The van der Waals surface area contributed by atoms with E-state index in [0.29, 0.717) is 22.0 Å². The summed E-state index contributed by atoms with van der Waals surface area (Å²) in [6.07, 6.45) is 0. The van der Waals surface area contributed by atoms with Crippen LogP contribution in [0, 0.1) is 0 Å². The SMILES string of the molecule is CC(=O)c1ccc(N(CC(=O)N2CC(=O)Nc3ccccc32)S(=O)(=O)c2ccc(Cl)cc2)cc1. The molecule has 10 heteroatoms. The van der Waals surface area contributed by atoms with Gasteiger partial charge in [-0.1, -0.05) is 23.7 Å². The Bertz CT molecular complexity index is 1370. The maximum atomic E-state index is 13.6. The third-order valence-corrected chi connectivity index (χ3v) is 7.35. The number of nitrogens with one attached hydrogen (secondary N) is 1. The molecule has 3 aromatic rings. The highest BCUT2D eigenvalue weighted by Gasteiger charge is 2.32. The second-order valence-corrected chi connectivity index (χ2v) is 9.91. The quantitative estimate of drug-likeness (QED) is 0.523. The van der Waals surface area contributed by atoms with Crippen molar-refractivity contribution in [2.24, 2.45) is 0 Å². The predicted octanol–water partition coefficient (Wildman–Crippen LogP) is 3.72. The minimum atomic E-state index is -4.19. The smallest absolute Gasteiger partial charge is 0.264 e. The zero-order chi connectivity index (χ0) is 24.5. The highest BCUT2D eigenvalue weighted by Crippen LogP contribution is 2.30. The van der Waals surface area contributed by atoms with Crippen molar-refractivity contribution < 1.29 is 22.8 Å². The summed E-state index contributed by atoms with van der Waals surface area (Å²) in [7, 11) is -4.19. The van der Waals surface area contributed by atoms with E-state index >= 15 is 0 Å². The zero-order valence-corrected chi connectivity index (χ0v) is 19.6. The average Bonchev–Trinajstić information content (AvgIpc) is 2.82. The van der Waals surface area contributed by atoms with Crippen LogP contribution in [0.15, 0.2) is 77.7 Å². The number of benzene rings is 3. The van der Waals surface area contributed by atoms with E-state index in [1.807, 2.05) is 0 Å². The second-order valence-electron chi connectivity index (χ2n) is 7.61. The summed E-state index contributed by atoms with van der Waals surface area (Å²) >= 11 is 5.91. The Morgan fingerprint density at radius 3 is 2.29 bits per heavy atom. The number of rotatable bonds is 6. The molecule has 174 valence electrons. The van der Waals surface area contributed by atoms with Gasteiger partial charge in [0.25, 0.3) is 10.0 Å². The lowest BCUT2D eigenvalue weighted by atomic mass is 10.1. The lowest BCUT2D eigenvalue weighted by molar-refractivity contribution is -0.121. The number of hydrogen-bond acceptors (Lipinski definition) is 5. The molecule has 8 nitrogen and oxygen atoms in total. The number of amides is 2. The van der Waals surface area contributed by atoms with Gasteiger partial charge in [-0.25, -0.2) is 8.42 Å². The van der Waals surface area contributed by atoms with Gasteiger partial charge in [0, 0.05) is 10.6 Å². The maximum Gasteiger partial charge on any atom is 0.264 e. The molecule has 0 atom stereocenters. The van der Waals surface area contributed by atoms with Crippen LogP contribution in [0.4, 0.5) is 17.1 Å². The van der Waals surface area contributed by atoms with Crippen molar-refractivity contribution >= 4 is 56.3 Å². The lowest BCUT2D eigenvalue weighted by Gasteiger charge is -2.32. The molecule has 0 spiro atoms. The predicted molar refractivity (Wildman–Crippen MR) is 130 cm³/mol. The molecule has 0 aliphatic carbocycles.